The molecule has 0 fully saturated rings. The van der Waals surface area contributed by atoms with Crippen molar-refractivity contribution in [2.24, 2.45) is 5.84 Å². The normalized spacial score (nSPS) is 10.2. The van der Waals surface area contributed by atoms with Gasteiger partial charge in [-0.15, -0.1) is 0 Å². The highest BCUT2D eigenvalue weighted by Crippen LogP contribution is 2.16. The minimum atomic E-state index is -0.0308. The minimum Gasteiger partial charge on any atom is -0.336 e. The lowest BCUT2D eigenvalue weighted by atomic mass is 10.1. The Kier molecular flexibility index (Phi) is 4.32. The summed E-state index contributed by atoms with van der Waals surface area (Å²) in [6.07, 6.45) is 1.72. The first-order valence-corrected chi connectivity index (χ1v) is 6.34. The highest BCUT2D eigenvalue weighted by molar-refractivity contribution is 5.95. The van der Waals surface area contributed by atoms with E-state index in [4.69, 9.17) is 5.84 Å². The molecule has 1 amide bonds. The molecule has 0 aliphatic rings. The molecule has 1 aromatic carbocycles. The number of carbonyl (C=O) groups excluding carboxylic acids is 1. The third kappa shape index (κ3) is 3.13. The van der Waals surface area contributed by atoms with Crippen LogP contribution in [0.5, 0.6) is 0 Å². The summed E-state index contributed by atoms with van der Waals surface area (Å²) < 4.78 is 0. The standard InChI is InChI=1S/C15H18N4O/c1-11-9-12(18-16)6-7-14(11)15(20)19(2)10-13-5-3-4-8-17-13/h3-9,18H,10,16H2,1-2H3. The molecule has 5 heteroatoms. The molecule has 0 unspecified atom stereocenters. The van der Waals surface area contributed by atoms with E-state index in [0.717, 1.165) is 16.9 Å². The van der Waals surface area contributed by atoms with Gasteiger partial charge in [0.05, 0.1) is 12.2 Å². The van der Waals surface area contributed by atoms with Crippen molar-refractivity contribution in [1.29, 1.82) is 0 Å². The maximum Gasteiger partial charge on any atom is 0.254 e. The first-order valence-electron chi connectivity index (χ1n) is 6.34. The molecule has 0 saturated heterocycles. The van der Waals surface area contributed by atoms with Crippen molar-refractivity contribution in [2.75, 3.05) is 12.5 Å². The van der Waals surface area contributed by atoms with Crippen LogP contribution in [0.25, 0.3) is 0 Å². The van der Waals surface area contributed by atoms with Crippen molar-refractivity contribution in [1.82, 2.24) is 9.88 Å². The highest BCUT2D eigenvalue weighted by atomic mass is 16.2. The van der Waals surface area contributed by atoms with Crippen molar-refractivity contribution < 1.29 is 4.79 Å². The van der Waals surface area contributed by atoms with E-state index in [0.29, 0.717) is 12.1 Å². The number of pyridine rings is 1. The lowest BCUT2D eigenvalue weighted by Crippen LogP contribution is -2.27. The van der Waals surface area contributed by atoms with Gasteiger partial charge in [0.15, 0.2) is 0 Å². The van der Waals surface area contributed by atoms with E-state index < -0.39 is 0 Å². The number of rotatable bonds is 4. The van der Waals surface area contributed by atoms with Crippen LogP contribution >= 0.6 is 0 Å². The number of aromatic nitrogens is 1. The second kappa shape index (κ2) is 6.16. The van der Waals surface area contributed by atoms with Crippen molar-refractivity contribution in [2.45, 2.75) is 13.5 Å². The molecular weight excluding hydrogens is 252 g/mol. The summed E-state index contributed by atoms with van der Waals surface area (Å²) >= 11 is 0. The predicted molar refractivity (Wildman–Crippen MR) is 79.0 cm³/mol. The smallest absolute Gasteiger partial charge is 0.254 e. The van der Waals surface area contributed by atoms with Crippen LogP contribution in [0.1, 0.15) is 21.6 Å². The third-order valence-electron chi connectivity index (χ3n) is 3.10. The van der Waals surface area contributed by atoms with Gasteiger partial charge in [-0.2, -0.15) is 0 Å². The second-order valence-corrected chi connectivity index (χ2v) is 4.66. The lowest BCUT2D eigenvalue weighted by Gasteiger charge is -2.18. The van der Waals surface area contributed by atoms with Crippen molar-refractivity contribution in [3.63, 3.8) is 0 Å². The summed E-state index contributed by atoms with van der Waals surface area (Å²) in [5.74, 6) is 5.32. The van der Waals surface area contributed by atoms with Gasteiger partial charge in [0.25, 0.3) is 5.91 Å². The summed E-state index contributed by atoms with van der Waals surface area (Å²) in [7, 11) is 1.77. The molecule has 104 valence electrons. The fourth-order valence-corrected chi connectivity index (χ4v) is 2.01. The first kappa shape index (κ1) is 14.0. The zero-order valence-electron chi connectivity index (χ0n) is 11.6. The Labute approximate surface area is 118 Å². The van der Waals surface area contributed by atoms with E-state index in [-0.39, 0.29) is 5.91 Å². The molecule has 0 aliphatic carbocycles. The zero-order chi connectivity index (χ0) is 14.5. The number of aryl methyl sites for hydroxylation is 1. The van der Waals surface area contributed by atoms with Gasteiger partial charge in [0, 0.05) is 24.5 Å². The number of amides is 1. The first-order chi connectivity index (χ1) is 9.61. The minimum absolute atomic E-state index is 0.0308. The number of nitrogens with two attached hydrogens (primary N) is 1. The van der Waals surface area contributed by atoms with Crippen molar-refractivity contribution >= 4 is 11.6 Å². The van der Waals surface area contributed by atoms with E-state index in [9.17, 15) is 4.79 Å². The number of nitrogen functional groups attached to an aromatic ring is 1. The van der Waals surface area contributed by atoms with Gasteiger partial charge in [-0.1, -0.05) is 6.07 Å². The average molecular weight is 270 g/mol. The quantitative estimate of drug-likeness (QED) is 0.658. The molecule has 0 saturated carbocycles. The number of carbonyl (C=O) groups is 1. The summed E-state index contributed by atoms with van der Waals surface area (Å²) in [4.78, 5) is 18.3. The Morgan fingerprint density at radius 3 is 2.75 bits per heavy atom. The molecule has 1 heterocycles. The van der Waals surface area contributed by atoms with Crippen LogP contribution in [0.3, 0.4) is 0 Å². The van der Waals surface area contributed by atoms with E-state index in [2.05, 4.69) is 10.4 Å². The van der Waals surface area contributed by atoms with Crippen LogP contribution in [-0.4, -0.2) is 22.8 Å². The number of nitrogens with one attached hydrogen (secondary N) is 1. The van der Waals surface area contributed by atoms with Gasteiger partial charge >= 0.3 is 0 Å². The molecule has 0 atom stereocenters. The highest BCUT2D eigenvalue weighted by Gasteiger charge is 2.14. The average Bonchev–Trinajstić information content (AvgIpc) is 2.47. The van der Waals surface area contributed by atoms with E-state index in [1.807, 2.05) is 31.2 Å². The van der Waals surface area contributed by atoms with Crippen molar-refractivity contribution in [3.8, 4) is 0 Å². The summed E-state index contributed by atoms with van der Waals surface area (Å²) in [6.45, 7) is 2.37. The zero-order valence-corrected chi connectivity index (χ0v) is 11.6. The molecule has 3 N–H and O–H groups in total. The molecule has 2 rings (SSSR count). The largest absolute Gasteiger partial charge is 0.336 e. The molecule has 0 radical (unpaired) electrons. The molecule has 0 bridgehead atoms. The number of hydrogen-bond acceptors (Lipinski definition) is 4. The van der Waals surface area contributed by atoms with Crippen molar-refractivity contribution in [3.05, 3.63) is 59.4 Å². The van der Waals surface area contributed by atoms with Crippen LogP contribution in [0.15, 0.2) is 42.6 Å². The van der Waals surface area contributed by atoms with Gasteiger partial charge in [0.1, 0.15) is 0 Å². The topological polar surface area (TPSA) is 71.2 Å². The lowest BCUT2D eigenvalue weighted by molar-refractivity contribution is 0.0782. The maximum absolute atomic E-state index is 12.4. The fraction of sp³-hybridized carbons (Fsp3) is 0.200. The molecular formula is C15H18N4O. The van der Waals surface area contributed by atoms with Gasteiger partial charge in [-0.05, 0) is 42.8 Å². The van der Waals surface area contributed by atoms with E-state index >= 15 is 0 Å². The second-order valence-electron chi connectivity index (χ2n) is 4.66. The monoisotopic (exact) mass is 270 g/mol. The van der Waals surface area contributed by atoms with Gasteiger partial charge in [-0.25, -0.2) is 0 Å². The molecule has 20 heavy (non-hydrogen) atoms. The number of hydrogen-bond donors (Lipinski definition) is 2. The SMILES string of the molecule is Cc1cc(NN)ccc1C(=O)N(C)Cc1ccccn1. The predicted octanol–water partition coefficient (Wildman–Crippen LogP) is 1.95. The summed E-state index contributed by atoms with van der Waals surface area (Å²) in [6, 6.07) is 11.1. The molecule has 5 nitrogen and oxygen atoms in total. The molecule has 2 aromatic rings. The number of anilines is 1. The maximum atomic E-state index is 12.4. The Morgan fingerprint density at radius 1 is 1.35 bits per heavy atom. The third-order valence-corrected chi connectivity index (χ3v) is 3.10. The Hall–Kier alpha value is -2.40. The molecule has 0 spiro atoms. The Bertz CT molecular complexity index is 598. The Morgan fingerprint density at radius 2 is 2.15 bits per heavy atom. The van der Waals surface area contributed by atoms with Crippen LogP contribution in [0, 0.1) is 6.92 Å². The molecule has 0 aliphatic heterocycles. The van der Waals surface area contributed by atoms with E-state index in [1.54, 1.807) is 30.3 Å². The van der Waals surface area contributed by atoms with Crippen LogP contribution in [-0.2, 0) is 6.54 Å². The van der Waals surface area contributed by atoms with Gasteiger partial charge in [0.2, 0.25) is 0 Å². The van der Waals surface area contributed by atoms with E-state index in [1.165, 1.54) is 0 Å². The van der Waals surface area contributed by atoms with Crippen LogP contribution in [0.4, 0.5) is 5.69 Å². The fourth-order valence-electron chi connectivity index (χ4n) is 2.01. The van der Waals surface area contributed by atoms with Crippen LogP contribution < -0.4 is 11.3 Å². The number of hydrazine groups is 1. The summed E-state index contributed by atoms with van der Waals surface area (Å²) in [5.41, 5.74) is 5.77. The number of benzene rings is 1. The van der Waals surface area contributed by atoms with Gasteiger partial charge < -0.3 is 10.3 Å². The molecule has 1 aromatic heterocycles. The van der Waals surface area contributed by atoms with Crippen LogP contribution in [0.2, 0.25) is 0 Å². The van der Waals surface area contributed by atoms with Gasteiger partial charge in [-0.3, -0.25) is 15.6 Å². The summed E-state index contributed by atoms with van der Waals surface area (Å²) in [5, 5.41) is 0. The number of nitrogens with zero attached hydrogens (tertiary/aromatic N) is 2. The Balaban J connectivity index is 2.14.